The van der Waals surface area contributed by atoms with Crippen LogP contribution in [-0.2, 0) is 14.8 Å². The maximum absolute atomic E-state index is 11.1. The van der Waals surface area contributed by atoms with E-state index in [0.717, 1.165) is 4.31 Å². The van der Waals surface area contributed by atoms with E-state index >= 15 is 0 Å². The van der Waals surface area contributed by atoms with E-state index in [2.05, 4.69) is 5.32 Å². The van der Waals surface area contributed by atoms with Gasteiger partial charge in [0.15, 0.2) is 0 Å². The fourth-order valence-corrected chi connectivity index (χ4v) is 1.26. The summed E-state index contributed by atoms with van der Waals surface area (Å²) in [6, 6.07) is 0. The van der Waals surface area contributed by atoms with E-state index in [0.29, 0.717) is 0 Å². The molecular formula is C6H14N2O3S. The van der Waals surface area contributed by atoms with Gasteiger partial charge in [0.25, 0.3) is 0 Å². The molecule has 1 N–H and O–H groups in total. The van der Waals surface area contributed by atoms with Crippen molar-refractivity contribution in [3.63, 3.8) is 0 Å². The first-order chi connectivity index (χ1) is 5.36. The topological polar surface area (TPSA) is 66.5 Å². The molecule has 12 heavy (non-hydrogen) atoms. The van der Waals surface area contributed by atoms with Gasteiger partial charge >= 0.3 is 0 Å². The smallest absolute Gasteiger partial charge is 0.216 e. The van der Waals surface area contributed by atoms with Gasteiger partial charge < -0.3 is 5.32 Å². The molecule has 72 valence electrons. The zero-order chi connectivity index (χ0) is 9.78. The van der Waals surface area contributed by atoms with E-state index in [4.69, 9.17) is 0 Å². The number of rotatable bonds is 4. The largest absolute Gasteiger partial charge is 0.355 e. The summed E-state index contributed by atoms with van der Waals surface area (Å²) < 4.78 is 23.3. The number of nitrogens with one attached hydrogen (secondary N) is 1. The minimum atomic E-state index is -3.18. The third-order valence-electron chi connectivity index (χ3n) is 1.29. The maximum Gasteiger partial charge on any atom is 0.216 e. The first-order valence-corrected chi connectivity index (χ1v) is 5.12. The van der Waals surface area contributed by atoms with Crippen molar-refractivity contribution in [1.29, 1.82) is 0 Å². The van der Waals surface area contributed by atoms with Gasteiger partial charge in [-0.3, -0.25) is 4.79 Å². The molecule has 0 unspecified atom stereocenters. The van der Waals surface area contributed by atoms with E-state index in [9.17, 15) is 13.2 Å². The third kappa shape index (κ3) is 4.30. The number of nitrogens with zero attached hydrogens (tertiary/aromatic N) is 1. The number of carbonyl (C=O) groups excluding carboxylic acids is 1. The Labute approximate surface area is 72.8 Å². The van der Waals surface area contributed by atoms with E-state index in [1.165, 1.54) is 21.0 Å². The molecule has 0 radical (unpaired) electrons. The molecule has 0 saturated carbocycles. The molecule has 1 amide bonds. The molecule has 5 nitrogen and oxygen atoms in total. The van der Waals surface area contributed by atoms with Crippen LogP contribution < -0.4 is 5.32 Å². The zero-order valence-electron chi connectivity index (χ0n) is 7.49. The van der Waals surface area contributed by atoms with Crippen LogP contribution in [0.2, 0.25) is 0 Å². The number of hydrogen-bond acceptors (Lipinski definition) is 3. The number of amides is 1. The van der Waals surface area contributed by atoms with Crippen LogP contribution in [0.5, 0.6) is 0 Å². The molecule has 0 aromatic carbocycles. The summed E-state index contributed by atoms with van der Waals surface area (Å²) >= 11 is 0. The molecule has 6 heteroatoms. The minimum Gasteiger partial charge on any atom is -0.355 e. The highest BCUT2D eigenvalue weighted by molar-refractivity contribution is 7.89. The average Bonchev–Trinajstić information content (AvgIpc) is 1.85. The molecule has 0 aliphatic heterocycles. The molecule has 0 saturated heterocycles. The molecule has 0 spiro atoms. The van der Waals surface area contributed by atoms with Crippen molar-refractivity contribution >= 4 is 15.9 Å². The average molecular weight is 194 g/mol. The quantitative estimate of drug-likeness (QED) is 0.625. The van der Waals surface area contributed by atoms with Gasteiger partial charge in [-0.15, -0.1) is 0 Å². The lowest BCUT2D eigenvalue weighted by atomic mass is 10.6. The summed E-state index contributed by atoms with van der Waals surface area (Å²) in [5, 5.41) is 2.41. The second-order valence-corrected chi connectivity index (χ2v) is 4.88. The highest BCUT2D eigenvalue weighted by atomic mass is 32.2. The Morgan fingerprint density at radius 1 is 1.42 bits per heavy atom. The highest BCUT2D eigenvalue weighted by Crippen LogP contribution is 1.91. The molecule has 0 aliphatic carbocycles. The van der Waals surface area contributed by atoms with Crippen molar-refractivity contribution in [2.24, 2.45) is 0 Å². The van der Waals surface area contributed by atoms with Crippen molar-refractivity contribution in [3.05, 3.63) is 0 Å². The number of carbonyl (C=O) groups is 1. The Morgan fingerprint density at radius 3 is 2.25 bits per heavy atom. The van der Waals surface area contributed by atoms with Crippen LogP contribution in [-0.4, -0.2) is 45.0 Å². The van der Waals surface area contributed by atoms with E-state index in [1.807, 2.05) is 0 Å². The lowest BCUT2D eigenvalue weighted by Crippen LogP contribution is -2.32. The Bertz CT molecular complexity index is 246. The molecule has 0 aliphatic rings. The predicted octanol–water partition coefficient (Wildman–Crippen LogP) is -0.986. The van der Waals surface area contributed by atoms with Crippen molar-refractivity contribution < 1.29 is 13.2 Å². The summed E-state index contributed by atoms with van der Waals surface area (Å²) in [6.45, 7) is 1.51. The summed E-state index contributed by atoms with van der Waals surface area (Å²) in [6.07, 6.45) is 0. The molecule has 0 heterocycles. The monoisotopic (exact) mass is 194 g/mol. The highest BCUT2D eigenvalue weighted by Gasteiger charge is 2.12. The molecule has 0 rings (SSSR count). The molecule has 0 atom stereocenters. The lowest BCUT2D eigenvalue weighted by Gasteiger charge is -2.10. The van der Waals surface area contributed by atoms with Crippen LogP contribution in [0.1, 0.15) is 6.92 Å². The van der Waals surface area contributed by atoms with E-state index in [-0.39, 0.29) is 18.2 Å². The molecule has 0 bridgehead atoms. The third-order valence-corrected chi connectivity index (χ3v) is 3.12. The van der Waals surface area contributed by atoms with Gasteiger partial charge in [-0.2, -0.15) is 0 Å². The molecular weight excluding hydrogens is 180 g/mol. The maximum atomic E-state index is 11.1. The Balaban J connectivity index is 3.86. The van der Waals surface area contributed by atoms with Gasteiger partial charge in [-0.05, 0) is 0 Å². The summed E-state index contributed by atoms with van der Waals surface area (Å²) in [5.41, 5.74) is 0. The van der Waals surface area contributed by atoms with Gasteiger partial charge in [-0.25, -0.2) is 12.7 Å². The zero-order valence-corrected chi connectivity index (χ0v) is 8.31. The van der Waals surface area contributed by atoms with Crippen LogP contribution in [0.15, 0.2) is 0 Å². The molecule has 0 aromatic rings. The Morgan fingerprint density at radius 2 is 1.92 bits per heavy atom. The van der Waals surface area contributed by atoms with Crippen LogP contribution in [0.4, 0.5) is 0 Å². The molecule has 0 aromatic heterocycles. The van der Waals surface area contributed by atoms with Gasteiger partial charge in [0.1, 0.15) is 0 Å². The van der Waals surface area contributed by atoms with Crippen LogP contribution >= 0.6 is 0 Å². The Hall–Kier alpha value is -0.620. The standard InChI is InChI=1S/C6H14N2O3S/c1-6(9)7-4-5-12(10,11)8(2)3/h4-5H2,1-3H3,(H,7,9). The van der Waals surface area contributed by atoms with Gasteiger partial charge in [0, 0.05) is 27.6 Å². The van der Waals surface area contributed by atoms with E-state index in [1.54, 1.807) is 0 Å². The lowest BCUT2D eigenvalue weighted by molar-refractivity contribution is -0.118. The number of sulfonamides is 1. The van der Waals surface area contributed by atoms with Crippen LogP contribution in [0, 0.1) is 0 Å². The summed E-state index contributed by atoms with van der Waals surface area (Å²) in [5.74, 6) is -0.275. The fourth-order valence-electron chi connectivity index (χ4n) is 0.539. The first kappa shape index (κ1) is 11.4. The van der Waals surface area contributed by atoms with Crippen molar-refractivity contribution in [2.45, 2.75) is 6.92 Å². The van der Waals surface area contributed by atoms with Gasteiger partial charge in [-0.1, -0.05) is 0 Å². The second-order valence-electron chi connectivity index (χ2n) is 2.58. The van der Waals surface area contributed by atoms with Crippen molar-refractivity contribution in [3.8, 4) is 0 Å². The Kier molecular flexibility index (Phi) is 4.19. The predicted molar refractivity (Wildman–Crippen MR) is 46.2 cm³/mol. The summed E-state index contributed by atoms with van der Waals surface area (Å²) in [7, 11) is -0.252. The normalized spacial score (nSPS) is 11.7. The van der Waals surface area contributed by atoms with Gasteiger partial charge in [0.05, 0.1) is 5.75 Å². The minimum absolute atomic E-state index is 0.0560. The first-order valence-electron chi connectivity index (χ1n) is 3.51. The number of hydrogen-bond donors (Lipinski definition) is 1. The fraction of sp³-hybridized carbons (Fsp3) is 0.833. The van der Waals surface area contributed by atoms with Gasteiger partial charge in [0.2, 0.25) is 15.9 Å². The second kappa shape index (κ2) is 4.42. The van der Waals surface area contributed by atoms with Crippen LogP contribution in [0.25, 0.3) is 0 Å². The van der Waals surface area contributed by atoms with Crippen molar-refractivity contribution in [2.75, 3.05) is 26.4 Å². The van der Waals surface area contributed by atoms with E-state index < -0.39 is 10.0 Å². The molecule has 0 fully saturated rings. The SMILES string of the molecule is CC(=O)NCCS(=O)(=O)N(C)C. The van der Waals surface area contributed by atoms with Crippen molar-refractivity contribution in [1.82, 2.24) is 9.62 Å². The summed E-state index contributed by atoms with van der Waals surface area (Å²) in [4.78, 5) is 10.4. The van der Waals surface area contributed by atoms with Crippen LogP contribution in [0.3, 0.4) is 0 Å².